The van der Waals surface area contributed by atoms with Crippen LogP contribution in [0.15, 0.2) is 16.5 Å². The molecule has 0 atom stereocenters. The summed E-state index contributed by atoms with van der Waals surface area (Å²) in [4.78, 5) is 10.0. The van der Waals surface area contributed by atoms with Crippen LogP contribution in [-0.2, 0) is 0 Å². The van der Waals surface area contributed by atoms with Gasteiger partial charge >= 0.3 is 0 Å². The van der Waals surface area contributed by atoms with Gasteiger partial charge in [0, 0.05) is 11.9 Å². The Bertz CT molecular complexity index is 453. The first-order valence-corrected chi connectivity index (χ1v) is 6.98. The lowest BCUT2D eigenvalue weighted by Gasteiger charge is -2.04. The highest BCUT2D eigenvalue weighted by Crippen LogP contribution is 2.28. The maximum atomic E-state index is 4.48. The van der Waals surface area contributed by atoms with Gasteiger partial charge in [0.1, 0.15) is 9.86 Å². The fourth-order valence-corrected chi connectivity index (χ4v) is 2.69. The number of hydrogen-bond acceptors (Lipinski definition) is 5. The van der Waals surface area contributed by atoms with Crippen molar-refractivity contribution in [3.8, 4) is 0 Å². The third-order valence-electron chi connectivity index (χ3n) is 2.02. The molecule has 80 valence electrons. The van der Waals surface area contributed by atoms with Gasteiger partial charge in [0.25, 0.3) is 0 Å². The Morgan fingerprint density at radius 1 is 1.47 bits per heavy atom. The summed E-state index contributed by atoms with van der Waals surface area (Å²) in [6.45, 7) is 3.05. The van der Waals surface area contributed by atoms with Gasteiger partial charge in [0.2, 0.25) is 5.95 Å². The van der Waals surface area contributed by atoms with Crippen molar-refractivity contribution >= 4 is 39.3 Å². The number of aromatic nitrogens is 2. The maximum absolute atomic E-state index is 4.48. The lowest BCUT2D eigenvalue weighted by molar-refractivity contribution is 0.947. The Labute approximate surface area is 97.3 Å². The second kappa shape index (κ2) is 4.81. The van der Waals surface area contributed by atoms with Gasteiger partial charge in [-0.1, -0.05) is 6.92 Å². The largest absolute Gasteiger partial charge is 0.354 e. The third kappa shape index (κ3) is 2.23. The molecule has 0 bridgehead atoms. The summed E-state index contributed by atoms with van der Waals surface area (Å²) >= 11 is 3.33. The van der Waals surface area contributed by atoms with E-state index in [0.29, 0.717) is 0 Å². The van der Waals surface area contributed by atoms with Crippen LogP contribution >= 0.6 is 23.1 Å². The van der Waals surface area contributed by atoms with E-state index in [2.05, 4.69) is 33.7 Å². The first-order valence-electron chi connectivity index (χ1n) is 4.88. The fourth-order valence-electron chi connectivity index (χ4n) is 1.30. The van der Waals surface area contributed by atoms with Gasteiger partial charge in [-0.2, -0.15) is 0 Å². The zero-order valence-electron chi connectivity index (χ0n) is 8.78. The van der Waals surface area contributed by atoms with E-state index >= 15 is 0 Å². The van der Waals surface area contributed by atoms with Crippen molar-refractivity contribution in [2.45, 2.75) is 18.4 Å². The summed E-state index contributed by atoms with van der Waals surface area (Å²) in [5.74, 6) is 0.746. The monoisotopic (exact) mass is 239 g/mol. The van der Waals surface area contributed by atoms with Crippen LogP contribution in [0.4, 0.5) is 5.95 Å². The van der Waals surface area contributed by atoms with Crippen LogP contribution in [0, 0.1) is 0 Å². The summed E-state index contributed by atoms with van der Waals surface area (Å²) in [6, 6.07) is 2.08. The van der Waals surface area contributed by atoms with Crippen LogP contribution in [-0.4, -0.2) is 22.8 Å². The second-order valence-electron chi connectivity index (χ2n) is 3.12. The number of rotatable bonds is 4. The molecule has 0 aromatic carbocycles. The Morgan fingerprint density at radius 2 is 2.33 bits per heavy atom. The predicted octanol–water partition coefficient (Wildman–Crippen LogP) is 3.24. The van der Waals surface area contributed by atoms with E-state index in [1.807, 2.05) is 6.26 Å². The zero-order chi connectivity index (χ0) is 10.7. The number of fused-ring (bicyclic) bond motifs is 1. The van der Waals surface area contributed by atoms with Crippen LogP contribution in [0.5, 0.6) is 0 Å². The van der Waals surface area contributed by atoms with Crippen molar-refractivity contribution in [3.63, 3.8) is 0 Å². The lowest BCUT2D eigenvalue weighted by Crippen LogP contribution is -2.04. The van der Waals surface area contributed by atoms with Gasteiger partial charge in [0.15, 0.2) is 0 Å². The molecule has 0 aliphatic heterocycles. The van der Waals surface area contributed by atoms with Crippen molar-refractivity contribution in [2.75, 3.05) is 18.1 Å². The van der Waals surface area contributed by atoms with Crippen LogP contribution in [0.1, 0.15) is 13.3 Å². The highest BCUT2D eigenvalue weighted by molar-refractivity contribution is 7.98. The first-order chi connectivity index (χ1) is 7.35. The highest BCUT2D eigenvalue weighted by Gasteiger charge is 2.07. The fraction of sp³-hybridized carbons (Fsp3) is 0.400. The number of thiophene rings is 1. The molecule has 2 aromatic heterocycles. The number of nitrogens with one attached hydrogen (secondary N) is 1. The average Bonchev–Trinajstić information content (AvgIpc) is 2.73. The molecule has 0 radical (unpaired) electrons. The molecule has 0 unspecified atom stereocenters. The average molecular weight is 239 g/mol. The number of thioether (sulfide) groups is 1. The van der Waals surface area contributed by atoms with E-state index in [4.69, 9.17) is 0 Å². The lowest BCUT2D eigenvalue weighted by atomic mass is 10.4. The quantitative estimate of drug-likeness (QED) is 0.656. The number of hydrogen-bond donors (Lipinski definition) is 1. The summed E-state index contributed by atoms with van der Waals surface area (Å²) in [5.41, 5.74) is 0. The molecule has 0 aliphatic rings. The van der Waals surface area contributed by atoms with Crippen LogP contribution < -0.4 is 5.32 Å². The van der Waals surface area contributed by atoms with Crippen molar-refractivity contribution in [3.05, 3.63) is 11.4 Å². The second-order valence-corrected chi connectivity index (χ2v) is 4.81. The van der Waals surface area contributed by atoms with E-state index in [0.717, 1.165) is 34.2 Å². The normalized spacial score (nSPS) is 10.8. The zero-order valence-corrected chi connectivity index (χ0v) is 10.4. The van der Waals surface area contributed by atoms with Gasteiger partial charge in [-0.05, 0) is 24.1 Å². The molecule has 3 nitrogen and oxygen atoms in total. The van der Waals surface area contributed by atoms with Crippen LogP contribution in [0.25, 0.3) is 10.2 Å². The van der Waals surface area contributed by atoms with E-state index < -0.39 is 0 Å². The standard InChI is InChI=1S/C10H13N3S2/c1-3-5-11-10-12-8(14-2)7-4-6-15-9(7)13-10/h4,6H,3,5H2,1-2H3,(H,11,12,13). The molecule has 0 aliphatic carbocycles. The minimum absolute atomic E-state index is 0.746. The van der Waals surface area contributed by atoms with E-state index in [1.165, 1.54) is 0 Å². The summed E-state index contributed by atoms with van der Waals surface area (Å²) in [6.07, 6.45) is 3.13. The molecule has 5 heteroatoms. The van der Waals surface area contributed by atoms with Crippen LogP contribution in [0.2, 0.25) is 0 Å². The van der Waals surface area contributed by atoms with Gasteiger partial charge < -0.3 is 5.32 Å². The Hall–Kier alpha value is -0.810. The summed E-state index contributed by atoms with van der Waals surface area (Å²) in [7, 11) is 0. The smallest absolute Gasteiger partial charge is 0.225 e. The SMILES string of the molecule is CCCNc1nc(SC)c2ccsc2n1. The van der Waals surface area contributed by atoms with Crippen molar-refractivity contribution in [2.24, 2.45) is 0 Å². The van der Waals surface area contributed by atoms with E-state index in [9.17, 15) is 0 Å². The number of anilines is 1. The Morgan fingerprint density at radius 3 is 3.07 bits per heavy atom. The molecule has 0 saturated carbocycles. The first kappa shape index (κ1) is 10.7. The topological polar surface area (TPSA) is 37.8 Å². The third-order valence-corrected chi connectivity index (χ3v) is 3.52. The van der Waals surface area contributed by atoms with Crippen molar-refractivity contribution in [1.29, 1.82) is 0 Å². The highest BCUT2D eigenvalue weighted by atomic mass is 32.2. The molecule has 1 N–H and O–H groups in total. The minimum Gasteiger partial charge on any atom is -0.354 e. The molecule has 2 aromatic rings. The molecular weight excluding hydrogens is 226 g/mol. The molecule has 0 fully saturated rings. The molecule has 15 heavy (non-hydrogen) atoms. The van der Waals surface area contributed by atoms with E-state index in [1.54, 1.807) is 23.1 Å². The molecule has 2 heterocycles. The van der Waals surface area contributed by atoms with Gasteiger partial charge in [-0.15, -0.1) is 23.1 Å². The maximum Gasteiger partial charge on any atom is 0.225 e. The summed E-state index contributed by atoms with van der Waals surface area (Å²) < 4.78 is 0. The van der Waals surface area contributed by atoms with Gasteiger partial charge in [0.05, 0.1) is 0 Å². The van der Waals surface area contributed by atoms with Crippen molar-refractivity contribution < 1.29 is 0 Å². The number of nitrogens with zero attached hydrogens (tertiary/aromatic N) is 2. The van der Waals surface area contributed by atoms with Gasteiger partial charge in [-0.3, -0.25) is 0 Å². The summed E-state index contributed by atoms with van der Waals surface area (Å²) in [5, 5.41) is 7.50. The molecule has 2 rings (SSSR count). The van der Waals surface area contributed by atoms with Gasteiger partial charge in [-0.25, -0.2) is 9.97 Å². The Balaban J connectivity index is 2.40. The molecule has 0 amide bonds. The molecule has 0 saturated heterocycles. The molecule has 0 spiro atoms. The molecular formula is C10H13N3S2. The Kier molecular flexibility index (Phi) is 3.43. The van der Waals surface area contributed by atoms with Crippen LogP contribution in [0.3, 0.4) is 0 Å². The van der Waals surface area contributed by atoms with Crippen molar-refractivity contribution in [1.82, 2.24) is 9.97 Å². The minimum atomic E-state index is 0.746. The predicted molar refractivity (Wildman–Crippen MR) is 68.0 cm³/mol. The van der Waals surface area contributed by atoms with E-state index in [-0.39, 0.29) is 0 Å².